The van der Waals surface area contributed by atoms with Gasteiger partial charge in [0.1, 0.15) is 0 Å². The highest BCUT2D eigenvalue weighted by Gasteiger charge is 2.43. The maximum Gasteiger partial charge on any atom is 0.332 e. The van der Waals surface area contributed by atoms with E-state index in [0.29, 0.717) is 25.0 Å². The molecule has 2 atom stereocenters. The van der Waals surface area contributed by atoms with Crippen LogP contribution in [0.3, 0.4) is 0 Å². The fourth-order valence-electron chi connectivity index (χ4n) is 3.85. The van der Waals surface area contributed by atoms with Gasteiger partial charge in [-0.25, -0.2) is 0 Å². The third-order valence-electron chi connectivity index (χ3n) is 6.58. The van der Waals surface area contributed by atoms with Gasteiger partial charge in [-0.2, -0.15) is 0 Å². The quantitative estimate of drug-likeness (QED) is 0.155. The first-order valence-electron chi connectivity index (χ1n) is 12.7. The minimum atomic E-state index is -2.36. The van der Waals surface area contributed by atoms with E-state index >= 15 is 0 Å². The molecule has 202 valence electrons. The Morgan fingerprint density at radius 1 is 0.639 bits per heavy atom. The lowest BCUT2D eigenvalue weighted by Gasteiger charge is -2.41. The molecule has 0 heterocycles. The molecule has 0 amide bonds. The summed E-state index contributed by atoms with van der Waals surface area (Å²) >= 11 is 11.8. The van der Waals surface area contributed by atoms with Crippen molar-refractivity contribution in [1.82, 2.24) is 0 Å². The molecule has 0 aliphatic rings. The van der Waals surface area contributed by atoms with Gasteiger partial charge in [-0.15, -0.1) is 23.2 Å². The summed E-state index contributed by atoms with van der Waals surface area (Å²) in [5.41, 5.74) is 4.61. The molecule has 0 aliphatic heterocycles. The zero-order valence-corrected chi connectivity index (χ0v) is 27.7. The number of rotatable bonds is 15. The Bertz CT molecular complexity index is 922. The van der Waals surface area contributed by atoms with Gasteiger partial charge in [-0.05, 0) is 74.9 Å². The van der Waals surface area contributed by atoms with Gasteiger partial charge in [-0.1, -0.05) is 55.5 Å². The summed E-state index contributed by atoms with van der Waals surface area (Å²) in [4.78, 5) is 0. The SMILES string of the molecule is CCC(O[Si](C)(C)C(C)O[Si](C)(C)OCc1ccc(CCl)cc1)[Si](C)(C)OCc1ccc(CCl)cc1. The lowest BCUT2D eigenvalue weighted by molar-refractivity contribution is 0.130. The number of alkyl halides is 2. The van der Waals surface area contributed by atoms with Gasteiger partial charge in [-0.3, -0.25) is 0 Å². The number of benzene rings is 2. The van der Waals surface area contributed by atoms with Crippen LogP contribution in [0, 0.1) is 0 Å². The highest BCUT2D eigenvalue weighted by molar-refractivity contribution is 6.77. The van der Waals surface area contributed by atoms with E-state index in [-0.39, 0.29) is 11.5 Å². The van der Waals surface area contributed by atoms with E-state index in [2.05, 4.69) is 89.5 Å². The first-order valence-corrected chi connectivity index (χ1v) is 22.6. The molecule has 0 saturated carbocycles. The van der Waals surface area contributed by atoms with E-state index in [0.717, 1.165) is 28.7 Å². The van der Waals surface area contributed by atoms with Crippen LogP contribution < -0.4 is 0 Å². The van der Waals surface area contributed by atoms with E-state index in [1.54, 1.807) is 0 Å². The topological polar surface area (TPSA) is 36.9 Å². The predicted molar refractivity (Wildman–Crippen MR) is 160 cm³/mol. The van der Waals surface area contributed by atoms with E-state index in [1.807, 2.05) is 12.1 Å². The van der Waals surface area contributed by atoms with E-state index < -0.39 is 25.2 Å². The zero-order chi connectivity index (χ0) is 27.0. The number of hydrogen-bond acceptors (Lipinski definition) is 4. The summed E-state index contributed by atoms with van der Waals surface area (Å²) in [6, 6.07) is 16.5. The smallest absolute Gasteiger partial charge is 0.332 e. The largest absolute Gasteiger partial charge is 0.412 e. The lowest BCUT2D eigenvalue weighted by atomic mass is 10.2. The van der Waals surface area contributed by atoms with Crippen molar-refractivity contribution in [2.45, 2.75) is 96.0 Å². The molecule has 2 aromatic carbocycles. The minimum Gasteiger partial charge on any atom is -0.412 e. The average molecular weight is 588 g/mol. The van der Waals surface area contributed by atoms with Gasteiger partial charge in [0.15, 0.2) is 0 Å². The van der Waals surface area contributed by atoms with Crippen molar-refractivity contribution in [3.05, 3.63) is 70.8 Å². The van der Waals surface area contributed by atoms with Crippen molar-refractivity contribution in [3.63, 3.8) is 0 Å². The fourth-order valence-corrected chi connectivity index (χ4v) is 12.5. The molecule has 0 aliphatic carbocycles. The molecule has 9 heteroatoms. The molecule has 4 nitrogen and oxygen atoms in total. The number of halogens is 2. The zero-order valence-electron chi connectivity index (χ0n) is 23.2. The molecular weight excluding hydrogens is 543 g/mol. The molecular formula is C27H44Cl2O4Si3. The Labute approximate surface area is 232 Å². The first kappa shape index (κ1) is 31.7. The van der Waals surface area contributed by atoms with E-state index in [9.17, 15) is 0 Å². The summed E-state index contributed by atoms with van der Waals surface area (Å²) in [6.07, 6.45) is 0.920. The third-order valence-corrected chi connectivity index (χ3v) is 15.4. The number of hydrogen-bond donors (Lipinski definition) is 0. The molecule has 0 saturated heterocycles. The van der Waals surface area contributed by atoms with Gasteiger partial charge >= 0.3 is 8.56 Å². The van der Waals surface area contributed by atoms with Crippen LogP contribution >= 0.6 is 23.2 Å². The van der Waals surface area contributed by atoms with Crippen molar-refractivity contribution in [2.75, 3.05) is 0 Å². The van der Waals surface area contributed by atoms with Gasteiger partial charge in [0.2, 0.25) is 16.6 Å². The Kier molecular flexibility index (Phi) is 12.4. The van der Waals surface area contributed by atoms with Gasteiger partial charge in [0.05, 0.1) is 24.7 Å². The maximum absolute atomic E-state index is 6.86. The van der Waals surface area contributed by atoms with Crippen molar-refractivity contribution in [1.29, 1.82) is 0 Å². The van der Waals surface area contributed by atoms with Crippen molar-refractivity contribution in [2.24, 2.45) is 0 Å². The van der Waals surface area contributed by atoms with Crippen LogP contribution in [0.15, 0.2) is 48.5 Å². The second-order valence-electron chi connectivity index (χ2n) is 10.9. The monoisotopic (exact) mass is 586 g/mol. The molecule has 0 spiro atoms. The molecule has 2 unspecified atom stereocenters. The second-order valence-corrected chi connectivity index (χ2v) is 23.1. The summed E-state index contributed by atoms with van der Waals surface area (Å²) in [6.45, 7) is 18.7. The summed E-state index contributed by atoms with van der Waals surface area (Å²) < 4.78 is 26.2. The average Bonchev–Trinajstić information content (AvgIpc) is 2.85. The van der Waals surface area contributed by atoms with Crippen molar-refractivity contribution in [3.8, 4) is 0 Å². The van der Waals surface area contributed by atoms with Crippen LogP contribution in [0.4, 0.5) is 0 Å². The highest BCUT2D eigenvalue weighted by Crippen LogP contribution is 2.27. The van der Waals surface area contributed by atoms with Crippen molar-refractivity contribution >= 4 is 48.4 Å². The Balaban J connectivity index is 1.94. The fraction of sp³-hybridized carbons (Fsp3) is 0.556. The first-order chi connectivity index (χ1) is 16.8. The van der Waals surface area contributed by atoms with Crippen LogP contribution in [-0.2, 0) is 42.7 Å². The third kappa shape index (κ3) is 10.0. The van der Waals surface area contributed by atoms with Gasteiger partial charge in [0.25, 0.3) is 0 Å². The van der Waals surface area contributed by atoms with Crippen LogP contribution in [0.2, 0.25) is 39.3 Å². The molecule has 0 aromatic heterocycles. The van der Waals surface area contributed by atoms with E-state index in [4.69, 9.17) is 40.9 Å². The summed E-state index contributed by atoms with van der Waals surface area (Å²) in [5.74, 6) is 1.05. The molecule has 0 bridgehead atoms. The Morgan fingerprint density at radius 2 is 1.06 bits per heavy atom. The van der Waals surface area contributed by atoms with Crippen LogP contribution in [-0.4, -0.2) is 36.7 Å². The Hall–Kier alpha value is -0.489. The highest BCUT2D eigenvalue weighted by atomic mass is 35.5. The maximum atomic E-state index is 6.86. The molecule has 36 heavy (non-hydrogen) atoms. The molecule has 0 fully saturated rings. The van der Waals surface area contributed by atoms with Crippen molar-refractivity contribution < 1.29 is 17.7 Å². The molecule has 2 aromatic rings. The minimum absolute atomic E-state index is 0.000242. The molecule has 0 N–H and O–H groups in total. The standard InChI is InChI=1S/C27H44Cl2O4Si3/c1-9-27(35(5,6)30-20-25-14-10-23(18-28)11-15-25)33-34(3,4)22(2)32-36(7,8)31-21-26-16-12-24(19-29)13-17-26/h10-17,22,27H,9,18-21H2,1-8H3. The summed E-state index contributed by atoms with van der Waals surface area (Å²) in [5, 5.41) is 0. The van der Waals surface area contributed by atoms with Crippen LogP contribution in [0.5, 0.6) is 0 Å². The molecule has 0 radical (unpaired) electrons. The Morgan fingerprint density at radius 3 is 1.47 bits per heavy atom. The summed E-state index contributed by atoms with van der Waals surface area (Å²) in [7, 11) is -6.67. The second kappa shape index (κ2) is 14.1. The van der Waals surface area contributed by atoms with E-state index in [1.165, 1.54) is 0 Å². The van der Waals surface area contributed by atoms with Gasteiger partial charge in [0, 0.05) is 11.8 Å². The lowest BCUT2D eigenvalue weighted by Crippen LogP contribution is -2.57. The molecule has 2 rings (SSSR count). The van der Waals surface area contributed by atoms with Crippen LogP contribution in [0.25, 0.3) is 0 Å². The van der Waals surface area contributed by atoms with Gasteiger partial charge < -0.3 is 17.7 Å². The van der Waals surface area contributed by atoms with Crippen LogP contribution in [0.1, 0.15) is 42.5 Å². The predicted octanol–water partition coefficient (Wildman–Crippen LogP) is 8.29. The normalized spacial score (nSPS) is 14.6.